The minimum absolute atomic E-state index is 0.162. The summed E-state index contributed by atoms with van der Waals surface area (Å²) in [6.07, 6.45) is -4.57. The number of halogens is 4. The maximum Gasteiger partial charge on any atom is 0.417 e. The Balaban J connectivity index is 3.58. The van der Waals surface area contributed by atoms with Crippen LogP contribution in [0.3, 0.4) is 0 Å². The second kappa shape index (κ2) is 4.29. The molecular formula is C9H4F3IN2O. The summed E-state index contributed by atoms with van der Waals surface area (Å²) in [7, 11) is 0. The fraction of sp³-hybridized carbons (Fsp3) is 0.111. The molecule has 0 aliphatic heterocycles. The van der Waals surface area contributed by atoms with Crippen molar-refractivity contribution in [1.82, 2.24) is 0 Å². The van der Waals surface area contributed by atoms with Crippen molar-refractivity contribution in [2.45, 2.75) is 6.18 Å². The largest absolute Gasteiger partial charge is 0.417 e. The van der Waals surface area contributed by atoms with E-state index in [1.165, 1.54) is 22.6 Å². The molecule has 16 heavy (non-hydrogen) atoms. The first kappa shape index (κ1) is 12.8. The highest BCUT2D eigenvalue weighted by Gasteiger charge is 2.35. The molecule has 0 fully saturated rings. The number of benzene rings is 1. The lowest BCUT2D eigenvalue weighted by atomic mass is 10.0. The average Bonchev–Trinajstić information content (AvgIpc) is 2.14. The van der Waals surface area contributed by atoms with Gasteiger partial charge < -0.3 is 5.73 Å². The van der Waals surface area contributed by atoms with E-state index in [1.54, 1.807) is 6.07 Å². The van der Waals surface area contributed by atoms with Crippen molar-refractivity contribution in [3.63, 3.8) is 0 Å². The van der Waals surface area contributed by atoms with E-state index in [2.05, 4.69) is 0 Å². The van der Waals surface area contributed by atoms with Crippen LogP contribution in [0.1, 0.15) is 21.5 Å². The summed E-state index contributed by atoms with van der Waals surface area (Å²) in [5.74, 6) is -1.05. The van der Waals surface area contributed by atoms with E-state index in [1.807, 2.05) is 0 Å². The fourth-order valence-corrected chi connectivity index (χ4v) is 2.17. The molecule has 3 nitrogen and oxygen atoms in total. The van der Waals surface area contributed by atoms with E-state index in [4.69, 9.17) is 11.0 Å². The summed E-state index contributed by atoms with van der Waals surface area (Å²) >= 11 is 1.36. The van der Waals surface area contributed by atoms with E-state index in [-0.39, 0.29) is 9.13 Å². The zero-order valence-corrected chi connectivity index (χ0v) is 9.76. The van der Waals surface area contributed by atoms with Crippen LogP contribution in [0.2, 0.25) is 0 Å². The number of rotatable bonds is 1. The molecule has 0 bridgehead atoms. The normalized spacial score (nSPS) is 10.9. The number of amides is 1. The van der Waals surface area contributed by atoms with Crippen LogP contribution in [-0.4, -0.2) is 5.91 Å². The van der Waals surface area contributed by atoms with Gasteiger partial charge in [-0.05, 0) is 34.7 Å². The molecule has 1 amide bonds. The van der Waals surface area contributed by atoms with Gasteiger partial charge in [0.25, 0.3) is 5.91 Å². The van der Waals surface area contributed by atoms with Crippen LogP contribution in [0, 0.1) is 14.9 Å². The number of carbonyl (C=O) groups excluding carboxylic acids is 1. The van der Waals surface area contributed by atoms with Gasteiger partial charge in [0.05, 0.1) is 22.8 Å². The van der Waals surface area contributed by atoms with Crippen molar-refractivity contribution in [3.05, 3.63) is 32.4 Å². The molecule has 0 unspecified atom stereocenters. The quantitative estimate of drug-likeness (QED) is 0.797. The fourth-order valence-electron chi connectivity index (χ4n) is 1.13. The highest BCUT2D eigenvalue weighted by atomic mass is 127. The molecule has 0 saturated heterocycles. The number of nitriles is 1. The van der Waals surface area contributed by atoms with Gasteiger partial charge in [0.1, 0.15) is 0 Å². The number of nitrogens with zero attached hydrogens (tertiary/aromatic N) is 1. The van der Waals surface area contributed by atoms with Crippen molar-refractivity contribution >= 4 is 28.5 Å². The summed E-state index contributed by atoms with van der Waals surface area (Å²) in [5.41, 5.74) is 3.42. The van der Waals surface area contributed by atoms with Crippen LogP contribution in [-0.2, 0) is 6.18 Å². The van der Waals surface area contributed by atoms with E-state index in [0.717, 1.165) is 12.1 Å². The number of primary amides is 1. The number of hydrogen-bond donors (Lipinski definition) is 1. The van der Waals surface area contributed by atoms with Crippen LogP contribution in [0.15, 0.2) is 12.1 Å². The van der Waals surface area contributed by atoms with Crippen molar-refractivity contribution in [3.8, 4) is 6.07 Å². The number of alkyl halides is 3. The smallest absolute Gasteiger partial charge is 0.366 e. The Morgan fingerprint density at radius 2 is 2.00 bits per heavy atom. The van der Waals surface area contributed by atoms with Crippen LogP contribution in [0.25, 0.3) is 0 Å². The van der Waals surface area contributed by atoms with E-state index >= 15 is 0 Å². The van der Waals surface area contributed by atoms with Crippen molar-refractivity contribution in [2.24, 2.45) is 5.73 Å². The van der Waals surface area contributed by atoms with Gasteiger partial charge in [-0.25, -0.2) is 0 Å². The van der Waals surface area contributed by atoms with Gasteiger partial charge in [-0.15, -0.1) is 0 Å². The van der Waals surface area contributed by atoms with Crippen LogP contribution in [0.5, 0.6) is 0 Å². The molecule has 0 saturated carbocycles. The van der Waals surface area contributed by atoms with E-state index < -0.39 is 23.2 Å². The third kappa shape index (κ3) is 2.27. The maximum absolute atomic E-state index is 12.5. The SMILES string of the molecule is N#Cc1ccc(C(F)(F)F)c(I)c1C(N)=O. The molecule has 0 aromatic heterocycles. The Bertz CT molecular complexity index is 491. The monoisotopic (exact) mass is 340 g/mol. The van der Waals surface area contributed by atoms with Gasteiger partial charge in [0.2, 0.25) is 0 Å². The maximum atomic E-state index is 12.5. The van der Waals surface area contributed by atoms with Crippen LogP contribution in [0.4, 0.5) is 13.2 Å². The Hall–Kier alpha value is -1.30. The zero-order chi connectivity index (χ0) is 12.5. The topological polar surface area (TPSA) is 66.9 Å². The standard InChI is InChI=1S/C9H4F3IN2O/c10-9(11,12)5-2-1-4(3-14)6(7(5)13)8(15)16/h1-2H,(H2,15,16). The summed E-state index contributed by atoms with van der Waals surface area (Å²) < 4.78 is 37.1. The molecule has 0 aliphatic carbocycles. The predicted octanol–water partition coefficient (Wildman–Crippen LogP) is 2.28. The highest BCUT2D eigenvalue weighted by Crippen LogP contribution is 2.35. The molecular weight excluding hydrogens is 336 g/mol. The van der Waals surface area contributed by atoms with Crippen molar-refractivity contribution in [2.75, 3.05) is 0 Å². The lowest BCUT2D eigenvalue weighted by Gasteiger charge is -2.12. The van der Waals surface area contributed by atoms with E-state index in [9.17, 15) is 18.0 Å². The zero-order valence-electron chi connectivity index (χ0n) is 7.60. The first-order valence-corrected chi connectivity index (χ1v) is 4.96. The molecule has 2 N–H and O–H groups in total. The molecule has 0 aliphatic rings. The van der Waals surface area contributed by atoms with Gasteiger partial charge in [-0.2, -0.15) is 18.4 Å². The van der Waals surface area contributed by atoms with Crippen molar-refractivity contribution in [1.29, 1.82) is 5.26 Å². The average molecular weight is 340 g/mol. The first-order valence-electron chi connectivity index (χ1n) is 3.88. The molecule has 0 heterocycles. The highest BCUT2D eigenvalue weighted by molar-refractivity contribution is 14.1. The third-order valence-electron chi connectivity index (χ3n) is 1.81. The summed E-state index contributed by atoms with van der Waals surface area (Å²) in [6, 6.07) is 3.32. The van der Waals surface area contributed by atoms with Gasteiger partial charge in [-0.1, -0.05) is 0 Å². The number of nitrogens with two attached hydrogens (primary N) is 1. The minimum Gasteiger partial charge on any atom is -0.366 e. The second-order valence-corrected chi connectivity index (χ2v) is 3.90. The Morgan fingerprint density at radius 3 is 2.38 bits per heavy atom. The van der Waals surface area contributed by atoms with Gasteiger partial charge in [0, 0.05) is 3.57 Å². The summed E-state index contributed by atoms with van der Waals surface area (Å²) in [4.78, 5) is 11.0. The molecule has 7 heteroatoms. The van der Waals surface area contributed by atoms with Crippen LogP contribution < -0.4 is 5.73 Å². The predicted molar refractivity (Wildman–Crippen MR) is 57.4 cm³/mol. The Labute approximate surface area is 102 Å². The molecule has 1 rings (SSSR count). The molecule has 1 aromatic carbocycles. The third-order valence-corrected chi connectivity index (χ3v) is 2.93. The Kier molecular flexibility index (Phi) is 3.42. The van der Waals surface area contributed by atoms with Crippen molar-refractivity contribution < 1.29 is 18.0 Å². The molecule has 0 radical (unpaired) electrons. The molecule has 0 spiro atoms. The second-order valence-electron chi connectivity index (χ2n) is 2.82. The summed E-state index contributed by atoms with van der Waals surface area (Å²) in [5, 5.41) is 8.64. The van der Waals surface area contributed by atoms with Crippen LogP contribution >= 0.6 is 22.6 Å². The summed E-state index contributed by atoms with van der Waals surface area (Å²) in [6.45, 7) is 0. The molecule has 84 valence electrons. The number of hydrogen-bond acceptors (Lipinski definition) is 2. The van der Waals surface area contributed by atoms with Gasteiger partial charge in [-0.3, -0.25) is 4.79 Å². The lowest BCUT2D eigenvalue weighted by Crippen LogP contribution is -2.18. The van der Waals surface area contributed by atoms with Gasteiger partial charge in [0.15, 0.2) is 0 Å². The Morgan fingerprint density at radius 1 is 1.44 bits per heavy atom. The molecule has 0 atom stereocenters. The number of carbonyl (C=O) groups is 1. The van der Waals surface area contributed by atoms with E-state index in [0.29, 0.717) is 0 Å². The lowest BCUT2D eigenvalue weighted by molar-refractivity contribution is -0.138. The van der Waals surface area contributed by atoms with Gasteiger partial charge >= 0.3 is 6.18 Å². The molecule has 1 aromatic rings. The minimum atomic E-state index is -4.57. The first-order chi connectivity index (χ1) is 7.29.